The molecule has 0 aliphatic rings. The number of benzene rings is 2. The van der Waals surface area contributed by atoms with E-state index in [1.54, 1.807) is 6.07 Å². The lowest BCUT2D eigenvalue weighted by atomic mass is 10.1. The van der Waals surface area contributed by atoms with Crippen molar-refractivity contribution in [1.82, 2.24) is 0 Å². The van der Waals surface area contributed by atoms with Crippen molar-refractivity contribution in [3.8, 4) is 11.3 Å². The van der Waals surface area contributed by atoms with Gasteiger partial charge in [-0.2, -0.15) is 0 Å². The summed E-state index contributed by atoms with van der Waals surface area (Å²) in [5, 5.41) is 0.618. The molecule has 0 unspecified atom stereocenters. The van der Waals surface area contributed by atoms with Crippen LogP contribution < -0.4 is 5.43 Å². The molecule has 0 fully saturated rings. The van der Waals surface area contributed by atoms with Gasteiger partial charge < -0.3 is 4.42 Å². The average Bonchev–Trinajstić information content (AvgIpc) is 2.40. The van der Waals surface area contributed by atoms with Gasteiger partial charge in [0.15, 0.2) is 5.43 Å². The predicted molar refractivity (Wildman–Crippen MR) is 74.7 cm³/mol. The van der Waals surface area contributed by atoms with Gasteiger partial charge in [0.25, 0.3) is 0 Å². The molecule has 2 aromatic carbocycles. The zero-order valence-corrected chi connectivity index (χ0v) is 9.09. The summed E-state index contributed by atoms with van der Waals surface area (Å²) in [6, 6.07) is 18.4. The van der Waals surface area contributed by atoms with E-state index in [-0.39, 0.29) is 12.9 Å². The molecular formula is C16H14O2. The Morgan fingerprint density at radius 1 is 0.833 bits per heavy atom. The van der Waals surface area contributed by atoms with Crippen LogP contribution >= 0.6 is 0 Å². The highest BCUT2D eigenvalue weighted by atomic mass is 16.3. The Morgan fingerprint density at radius 3 is 2.28 bits per heavy atom. The van der Waals surface area contributed by atoms with E-state index in [4.69, 9.17) is 4.42 Å². The molecule has 0 aliphatic heterocycles. The Labute approximate surface area is 106 Å². The van der Waals surface area contributed by atoms with Gasteiger partial charge in [-0.15, -0.1) is 0 Å². The summed E-state index contributed by atoms with van der Waals surface area (Å²) in [5.74, 6) is 0.606. The van der Waals surface area contributed by atoms with Gasteiger partial charge >= 0.3 is 0 Å². The molecule has 0 N–H and O–H groups in total. The molecule has 0 saturated carbocycles. The molecule has 0 saturated heterocycles. The van der Waals surface area contributed by atoms with Crippen molar-refractivity contribution in [2.24, 2.45) is 0 Å². The molecule has 3 rings (SSSR count). The van der Waals surface area contributed by atoms with E-state index in [0.29, 0.717) is 16.7 Å². The maximum absolute atomic E-state index is 11.9. The first-order valence-corrected chi connectivity index (χ1v) is 5.43. The van der Waals surface area contributed by atoms with Gasteiger partial charge in [0.2, 0.25) is 0 Å². The summed E-state index contributed by atoms with van der Waals surface area (Å²) in [7, 11) is 0. The maximum Gasteiger partial charge on any atom is 0.193 e. The first-order chi connectivity index (χ1) is 8.34. The Morgan fingerprint density at radius 2 is 1.50 bits per heavy atom. The number of para-hydroxylation sites is 1. The highest BCUT2D eigenvalue weighted by Gasteiger charge is 2.05. The van der Waals surface area contributed by atoms with Gasteiger partial charge in [0, 0.05) is 11.6 Å². The quantitative estimate of drug-likeness (QED) is 0.639. The van der Waals surface area contributed by atoms with Crippen LogP contribution in [0.2, 0.25) is 0 Å². The monoisotopic (exact) mass is 238 g/mol. The van der Waals surface area contributed by atoms with E-state index in [1.807, 2.05) is 48.5 Å². The summed E-state index contributed by atoms with van der Waals surface area (Å²) in [4.78, 5) is 11.9. The molecule has 0 spiro atoms. The summed E-state index contributed by atoms with van der Waals surface area (Å²) < 4.78 is 5.73. The maximum atomic E-state index is 11.9. The fourth-order valence-corrected chi connectivity index (χ4v) is 1.85. The standard InChI is InChI=1S/C15H10O2.CH4/c16-13-10-15(11-6-2-1-3-7-11)17-14-9-5-4-8-12(13)14;/h1-10H;1H4. The van der Waals surface area contributed by atoms with Gasteiger partial charge in [-0.25, -0.2) is 0 Å². The molecule has 0 aliphatic carbocycles. The Kier molecular flexibility index (Phi) is 3.28. The minimum Gasteiger partial charge on any atom is -0.456 e. The topological polar surface area (TPSA) is 30.2 Å². The number of hydrogen-bond donors (Lipinski definition) is 0. The smallest absolute Gasteiger partial charge is 0.193 e. The fourth-order valence-electron chi connectivity index (χ4n) is 1.85. The van der Waals surface area contributed by atoms with Crippen molar-refractivity contribution < 1.29 is 4.42 Å². The third-order valence-electron chi connectivity index (χ3n) is 2.69. The third kappa shape index (κ3) is 2.05. The zero-order chi connectivity index (χ0) is 11.7. The van der Waals surface area contributed by atoms with Gasteiger partial charge in [-0.1, -0.05) is 49.9 Å². The molecule has 3 aromatic rings. The highest BCUT2D eigenvalue weighted by Crippen LogP contribution is 2.21. The lowest BCUT2D eigenvalue weighted by Crippen LogP contribution is -1.99. The average molecular weight is 238 g/mol. The largest absolute Gasteiger partial charge is 0.456 e. The van der Waals surface area contributed by atoms with Crippen LogP contribution in [0.4, 0.5) is 0 Å². The Hall–Kier alpha value is -2.35. The van der Waals surface area contributed by atoms with Crippen molar-refractivity contribution in [3.63, 3.8) is 0 Å². The van der Waals surface area contributed by atoms with E-state index >= 15 is 0 Å². The molecular weight excluding hydrogens is 224 g/mol. The molecule has 2 nitrogen and oxygen atoms in total. The van der Waals surface area contributed by atoms with Crippen LogP contribution in [0.15, 0.2) is 69.9 Å². The van der Waals surface area contributed by atoms with Crippen LogP contribution in [0.5, 0.6) is 0 Å². The second-order valence-corrected chi connectivity index (χ2v) is 3.84. The van der Waals surface area contributed by atoms with Crippen LogP contribution in [-0.2, 0) is 0 Å². The summed E-state index contributed by atoms with van der Waals surface area (Å²) in [6.07, 6.45) is 0. The van der Waals surface area contributed by atoms with Gasteiger partial charge in [-0.3, -0.25) is 4.79 Å². The molecule has 18 heavy (non-hydrogen) atoms. The van der Waals surface area contributed by atoms with E-state index in [0.717, 1.165) is 5.56 Å². The van der Waals surface area contributed by atoms with Crippen molar-refractivity contribution in [2.75, 3.05) is 0 Å². The van der Waals surface area contributed by atoms with E-state index in [1.165, 1.54) is 6.07 Å². The van der Waals surface area contributed by atoms with Crippen LogP contribution in [-0.4, -0.2) is 0 Å². The Balaban J connectivity index is 0.00000120. The molecule has 0 amide bonds. The van der Waals surface area contributed by atoms with Crippen molar-refractivity contribution in [2.45, 2.75) is 7.43 Å². The first-order valence-electron chi connectivity index (χ1n) is 5.43. The lowest BCUT2D eigenvalue weighted by molar-refractivity contribution is 0.619. The van der Waals surface area contributed by atoms with Crippen molar-refractivity contribution >= 4 is 11.0 Å². The molecule has 0 bridgehead atoms. The van der Waals surface area contributed by atoms with Gasteiger partial charge in [0.1, 0.15) is 11.3 Å². The molecule has 90 valence electrons. The van der Waals surface area contributed by atoms with Crippen LogP contribution in [0.3, 0.4) is 0 Å². The first kappa shape index (κ1) is 12.1. The lowest BCUT2D eigenvalue weighted by Gasteiger charge is -2.02. The summed E-state index contributed by atoms with van der Waals surface area (Å²) in [6.45, 7) is 0. The predicted octanol–water partition coefficient (Wildman–Crippen LogP) is 4.10. The van der Waals surface area contributed by atoms with Crippen LogP contribution in [0.25, 0.3) is 22.3 Å². The van der Waals surface area contributed by atoms with Gasteiger partial charge in [0.05, 0.1) is 5.39 Å². The molecule has 0 radical (unpaired) electrons. The second kappa shape index (κ2) is 4.88. The van der Waals surface area contributed by atoms with Crippen molar-refractivity contribution in [1.29, 1.82) is 0 Å². The molecule has 1 heterocycles. The van der Waals surface area contributed by atoms with Gasteiger partial charge in [-0.05, 0) is 12.1 Å². The summed E-state index contributed by atoms with van der Waals surface area (Å²) in [5.41, 5.74) is 1.53. The normalized spacial score (nSPS) is 10.0. The minimum atomic E-state index is -0.00861. The van der Waals surface area contributed by atoms with Crippen LogP contribution in [0.1, 0.15) is 7.43 Å². The van der Waals surface area contributed by atoms with Crippen molar-refractivity contribution in [3.05, 3.63) is 70.9 Å². The summed E-state index contributed by atoms with van der Waals surface area (Å²) >= 11 is 0. The molecule has 1 aromatic heterocycles. The zero-order valence-electron chi connectivity index (χ0n) is 9.09. The SMILES string of the molecule is C.O=c1cc(-c2ccccc2)oc2ccccc12. The Bertz CT molecular complexity index is 712. The van der Waals surface area contributed by atoms with E-state index in [9.17, 15) is 4.79 Å². The highest BCUT2D eigenvalue weighted by molar-refractivity contribution is 5.78. The molecule has 2 heteroatoms. The minimum absolute atomic E-state index is 0. The second-order valence-electron chi connectivity index (χ2n) is 3.84. The number of hydrogen-bond acceptors (Lipinski definition) is 2. The molecule has 0 atom stereocenters. The van der Waals surface area contributed by atoms with E-state index < -0.39 is 0 Å². The fraction of sp³-hybridized carbons (Fsp3) is 0.0625. The van der Waals surface area contributed by atoms with E-state index in [2.05, 4.69) is 0 Å². The number of fused-ring (bicyclic) bond motifs is 1. The third-order valence-corrected chi connectivity index (χ3v) is 2.69. The van der Waals surface area contributed by atoms with Crippen LogP contribution in [0, 0.1) is 0 Å². The number of rotatable bonds is 1.